The van der Waals surface area contributed by atoms with E-state index in [1.54, 1.807) is 0 Å². The summed E-state index contributed by atoms with van der Waals surface area (Å²) in [5.41, 5.74) is 3.33. The standard InChI is InChI=1S/C20H27N3O2/c1-14-12-15(2)23(22-14)18-8-6-17(7-9-18)16(3)21-19(24)13-20(25)10-4-5-11-20/h6-9,12,16,25H,4-5,10-11,13H2,1-3H3,(H,21,24)/t16-/m1/s1. The summed E-state index contributed by atoms with van der Waals surface area (Å²) in [4.78, 5) is 12.2. The number of nitrogens with one attached hydrogen (secondary N) is 1. The molecule has 2 N–H and O–H groups in total. The van der Waals surface area contributed by atoms with Crippen LogP contribution in [0.3, 0.4) is 0 Å². The van der Waals surface area contributed by atoms with Gasteiger partial charge in [-0.1, -0.05) is 25.0 Å². The smallest absolute Gasteiger partial charge is 0.223 e. The molecule has 1 aromatic carbocycles. The quantitative estimate of drug-likeness (QED) is 0.876. The molecule has 3 rings (SSSR count). The first kappa shape index (κ1) is 17.7. The van der Waals surface area contributed by atoms with Crippen LogP contribution in [0.2, 0.25) is 0 Å². The van der Waals surface area contributed by atoms with Crippen molar-refractivity contribution in [1.29, 1.82) is 0 Å². The molecule has 25 heavy (non-hydrogen) atoms. The lowest BCUT2D eigenvalue weighted by molar-refractivity contribution is -0.126. The van der Waals surface area contributed by atoms with E-state index in [1.807, 2.05) is 55.8 Å². The summed E-state index contributed by atoms with van der Waals surface area (Å²) in [6, 6.07) is 10.0. The normalized spacial score (nSPS) is 17.4. The van der Waals surface area contributed by atoms with Crippen LogP contribution in [0.15, 0.2) is 30.3 Å². The lowest BCUT2D eigenvalue weighted by Crippen LogP contribution is -2.35. The number of hydrogen-bond acceptors (Lipinski definition) is 3. The van der Waals surface area contributed by atoms with Crippen LogP contribution in [0.25, 0.3) is 5.69 Å². The molecule has 5 nitrogen and oxygen atoms in total. The van der Waals surface area contributed by atoms with Crippen molar-refractivity contribution in [3.8, 4) is 5.69 Å². The summed E-state index contributed by atoms with van der Waals surface area (Å²) in [7, 11) is 0. The average Bonchev–Trinajstić information content (AvgIpc) is 3.12. The second kappa shape index (κ2) is 7.00. The predicted octanol–water partition coefficient (Wildman–Crippen LogP) is 3.36. The Bertz CT molecular complexity index is 743. The van der Waals surface area contributed by atoms with Crippen LogP contribution in [0.4, 0.5) is 0 Å². The number of rotatable bonds is 5. The van der Waals surface area contributed by atoms with E-state index in [1.165, 1.54) is 0 Å². The molecule has 1 aromatic heterocycles. The number of amides is 1. The molecule has 1 heterocycles. The molecule has 1 amide bonds. The van der Waals surface area contributed by atoms with Gasteiger partial charge in [0.2, 0.25) is 5.91 Å². The minimum atomic E-state index is -0.802. The van der Waals surface area contributed by atoms with Crippen molar-refractivity contribution >= 4 is 5.91 Å². The van der Waals surface area contributed by atoms with E-state index in [0.29, 0.717) is 0 Å². The monoisotopic (exact) mass is 341 g/mol. The zero-order chi connectivity index (χ0) is 18.0. The third-order valence-corrected chi connectivity index (χ3v) is 5.05. The van der Waals surface area contributed by atoms with Crippen LogP contribution >= 0.6 is 0 Å². The minimum Gasteiger partial charge on any atom is -0.389 e. The van der Waals surface area contributed by atoms with Gasteiger partial charge < -0.3 is 10.4 Å². The Labute approximate surface area is 149 Å². The van der Waals surface area contributed by atoms with Crippen molar-refractivity contribution in [2.24, 2.45) is 0 Å². The maximum atomic E-state index is 12.2. The number of nitrogens with zero attached hydrogens (tertiary/aromatic N) is 2. The fourth-order valence-corrected chi connectivity index (χ4v) is 3.68. The fourth-order valence-electron chi connectivity index (χ4n) is 3.68. The Morgan fingerprint density at radius 2 is 1.92 bits per heavy atom. The van der Waals surface area contributed by atoms with E-state index < -0.39 is 5.60 Å². The maximum Gasteiger partial charge on any atom is 0.223 e. The number of aliphatic hydroxyl groups is 1. The summed E-state index contributed by atoms with van der Waals surface area (Å²) in [6.45, 7) is 5.98. The molecule has 0 unspecified atom stereocenters. The molecular weight excluding hydrogens is 314 g/mol. The zero-order valence-electron chi connectivity index (χ0n) is 15.2. The largest absolute Gasteiger partial charge is 0.389 e. The zero-order valence-corrected chi connectivity index (χ0v) is 15.2. The van der Waals surface area contributed by atoms with E-state index in [2.05, 4.69) is 10.4 Å². The van der Waals surface area contributed by atoms with Crippen molar-refractivity contribution in [2.45, 2.75) is 64.5 Å². The summed E-state index contributed by atoms with van der Waals surface area (Å²) in [5, 5.41) is 17.9. The van der Waals surface area contributed by atoms with E-state index >= 15 is 0 Å². The molecule has 134 valence electrons. The number of carbonyl (C=O) groups excluding carboxylic acids is 1. The molecule has 1 aliphatic carbocycles. The molecule has 1 atom stereocenters. The molecule has 5 heteroatoms. The first-order valence-corrected chi connectivity index (χ1v) is 9.02. The summed E-state index contributed by atoms with van der Waals surface area (Å²) >= 11 is 0. The van der Waals surface area contributed by atoms with Crippen molar-refractivity contribution in [3.63, 3.8) is 0 Å². The van der Waals surface area contributed by atoms with Crippen LogP contribution in [-0.2, 0) is 4.79 Å². The van der Waals surface area contributed by atoms with Gasteiger partial charge in [-0.25, -0.2) is 4.68 Å². The molecule has 2 aromatic rings. The van der Waals surface area contributed by atoms with Crippen LogP contribution < -0.4 is 5.32 Å². The molecular formula is C20H27N3O2. The van der Waals surface area contributed by atoms with Crippen molar-refractivity contribution < 1.29 is 9.90 Å². The third-order valence-electron chi connectivity index (χ3n) is 5.05. The van der Waals surface area contributed by atoms with Gasteiger partial charge in [-0.3, -0.25) is 4.79 Å². The molecule has 0 saturated heterocycles. The number of aryl methyl sites for hydroxylation is 2. The fraction of sp³-hybridized carbons (Fsp3) is 0.500. The molecule has 0 spiro atoms. The van der Waals surface area contributed by atoms with Gasteiger partial charge in [0.05, 0.1) is 29.4 Å². The predicted molar refractivity (Wildman–Crippen MR) is 97.6 cm³/mol. The van der Waals surface area contributed by atoms with Gasteiger partial charge in [0, 0.05) is 5.69 Å². The second-order valence-electron chi connectivity index (χ2n) is 7.33. The van der Waals surface area contributed by atoms with E-state index in [9.17, 15) is 9.90 Å². The highest BCUT2D eigenvalue weighted by Crippen LogP contribution is 2.32. The Kier molecular flexibility index (Phi) is 4.95. The Balaban J connectivity index is 1.63. The molecule has 0 radical (unpaired) electrons. The average molecular weight is 341 g/mol. The number of carbonyl (C=O) groups is 1. The highest BCUT2D eigenvalue weighted by Gasteiger charge is 2.33. The van der Waals surface area contributed by atoms with Gasteiger partial charge in [0.25, 0.3) is 0 Å². The van der Waals surface area contributed by atoms with Crippen molar-refractivity contribution in [2.75, 3.05) is 0 Å². The molecule has 1 fully saturated rings. The van der Waals surface area contributed by atoms with Crippen LogP contribution in [0.1, 0.15) is 62.0 Å². The van der Waals surface area contributed by atoms with Crippen LogP contribution in [0.5, 0.6) is 0 Å². The minimum absolute atomic E-state index is 0.0838. The van der Waals surface area contributed by atoms with Crippen LogP contribution in [0, 0.1) is 13.8 Å². The first-order valence-electron chi connectivity index (χ1n) is 9.02. The Morgan fingerprint density at radius 3 is 2.48 bits per heavy atom. The Morgan fingerprint density at radius 1 is 1.28 bits per heavy atom. The highest BCUT2D eigenvalue weighted by molar-refractivity contribution is 5.77. The Hall–Kier alpha value is -2.14. The number of hydrogen-bond donors (Lipinski definition) is 2. The van der Waals surface area contributed by atoms with Gasteiger partial charge in [0.1, 0.15) is 0 Å². The van der Waals surface area contributed by atoms with Gasteiger partial charge in [-0.05, 0) is 57.4 Å². The van der Waals surface area contributed by atoms with Crippen molar-refractivity contribution in [1.82, 2.24) is 15.1 Å². The topological polar surface area (TPSA) is 67.2 Å². The number of benzene rings is 1. The second-order valence-corrected chi connectivity index (χ2v) is 7.33. The maximum absolute atomic E-state index is 12.2. The molecule has 1 saturated carbocycles. The molecule has 0 bridgehead atoms. The lowest BCUT2D eigenvalue weighted by Gasteiger charge is -2.23. The molecule has 0 aliphatic heterocycles. The first-order chi connectivity index (χ1) is 11.9. The van der Waals surface area contributed by atoms with E-state index in [4.69, 9.17) is 0 Å². The van der Waals surface area contributed by atoms with Crippen LogP contribution in [-0.4, -0.2) is 26.4 Å². The summed E-state index contributed by atoms with van der Waals surface area (Å²) in [5.74, 6) is -0.0838. The van der Waals surface area contributed by atoms with E-state index in [-0.39, 0.29) is 18.4 Å². The van der Waals surface area contributed by atoms with Gasteiger partial charge in [-0.2, -0.15) is 5.10 Å². The van der Waals surface area contributed by atoms with E-state index in [0.717, 1.165) is 48.3 Å². The van der Waals surface area contributed by atoms with Gasteiger partial charge in [0.15, 0.2) is 0 Å². The van der Waals surface area contributed by atoms with Gasteiger partial charge in [-0.15, -0.1) is 0 Å². The van der Waals surface area contributed by atoms with Crippen molar-refractivity contribution in [3.05, 3.63) is 47.3 Å². The van der Waals surface area contributed by atoms with Gasteiger partial charge >= 0.3 is 0 Å². The lowest BCUT2D eigenvalue weighted by atomic mass is 9.97. The number of aromatic nitrogens is 2. The highest BCUT2D eigenvalue weighted by atomic mass is 16.3. The third kappa shape index (κ3) is 4.10. The molecule has 1 aliphatic rings. The summed E-state index contributed by atoms with van der Waals surface area (Å²) in [6.07, 6.45) is 3.67. The SMILES string of the molecule is Cc1cc(C)n(-c2ccc([C@@H](C)NC(=O)CC3(O)CCCC3)cc2)n1. The summed E-state index contributed by atoms with van der Waals surface area (Å²) < 4.78 is 1.91.